The van der Waals surface area contributed by atoms with Gasteiger partial charge in [0.05, 0.1) is 12.1 Å². The highest BCUT2D eigenvalue weighted by Crippen LogP contribution is 2.19. The average molecular weight is 343 g/mol. The van der Waals surface area contributed by atoms with Gasteiger partial charge in [-0.15, -0.1) is 0 Å². The lowest BCUT2D eigenvalue weighted by atomic mass is 9.92. The third-order valence-electron chi connectivity index (χ3n) is 3.63. The standard InChI is InChI=1S/C14H19BrN2O3/c15-10-8-16-6-5-9(10)7-13(19)14(20)17-11-3-1-2-4-12(11)18/h5-6,8,11-13,18-19H,1-4,7H2,(H,17,20)/t11-,12-,13?/m1/s1. The Kier molecular flexibility index (Phi) is 5.51. The van der Waals surface area contributed by atoms with E-state index in [-0.39, 0.29) is 12.5 Å². The fourth-order valence-corrected chi connectivity index (χ4v) is 2.84. The normalized spacial score (nSPS) is 24.1. The number of hydrogen-bond acceptors (Lipinski definition) is 4. The van der Waals surface area contributed by atoms with Gasteiger partial charge in [-0.3, -0.25) is 9.78 Å². The van der Waals surface area contributed by atoms with Crippen LogP contribution in [0.25, 0.3) is 0 Å². The second-order valence-corrected chi connectivity index (χ2v) is 6.01. The van der Waals surface area contributed by atoms with E-state index in [4.69, 9.17) is 0 Å². The van der Waals surface area contributed by atoms with Crippen LogP contribution in [0.1, 0.15) is 31.2 Å². The van der Waals surface area contributed by atoms with Crippen LogP contribution in [0.15, 0.2) is 22.9 Å². The summed E-state index contributed by atoms with van der Waals surface area (Å²) in [6, 6.07) is 1.52. The van der Waals surface area contributed by atoms with Crippen LogP contribution in [0.5, 0.6) is 0 Å². The lowest BCUT2D eigenvalue weighted by Gasteiger charge is -2.29. The van der Waals surface area contributed by atoms with Crippen LogP contribution in [0.2, 0.25) is 0 Å². The second-order valence-electron chi connectivity index (χ2n) is 5.15. The first-order valence-corrected chi connectivity index (χ1v) is 7.62. The zero-order valence-corrected chi connectivity index (χ0v) is 12.7. The summed E-state index contributed by atoms with van der Waals surface area (Å²) in [5, 5.41) is 22.5. The van der Waals surface area contributed by atoms with E-state index >= 15 is 0 Å². The molecular weight excluding hydrogens is 324 g/mol. The van der Waals surface area contributed by atoms with Crippen molar-refractivity contribution in [2.24, 2.45) is 0 Å². The van der Waals surface area contributed by atoms with E-state index in [1.165, 1.54) is 0 Å². The smallest absolute Gasteiger partial charge is 0.249 e. The molecule has 1 saturated carbocycles. The lowest BCUT2D eigenvalue weighted by Crippen LogP contribution is -2.49. The van der Waals surface area contributed by atoms with Crippen molar-refractivity contribution in [2.45, 2.75) is 50.4 Å². The lowest BCUT2D eigenvalue weighted by molar-refractivity contribution is -0.131. The minimum absolute atomic E-state index is 0.220. The van der Waals surface area contributed by atoms with Gasteiger partial charge in [-0.05, 0) is 40.4 Å². The molecule has 3 N–H and O–H groups in total. The molecule has 1 heterocycles. The maximum absolute atomic E-state index is 12.0. The minimum Gasteiger partial charge on any atom is -0.391 e. The van der Waals surface area contributed by atoms with Crippen LogP contribution >= 0.6 is 15.9 Å². The van der Waals surface area contributed by atoms with Crippen LogP contribution in [-0.4, -0.2) is 39.4 Å². The minimum atomic E-state index is -1.12. The van der Waals surface area contributed by atoms with E-state index in [1.807, 2.05) is 0 Å². The Labute approximate surface area is 126 Å². The number of carbonyl (C=O) groups excluding carboxylic acids is 1. The Morgan fingerprint density at radius 2 is 2.25 bits per heavy atom. The molecule has 0 aliphatic heterocycles. The summed E-state index contributed by atoms with van der Waals surface area (Å²) in [5.41, 5.74) is 0.826. The number of hydrogen-bond donors (Lipinski definition) is 3. The van der Waals surface area contributed by atoms with E-state index in [0.717, 1.165) is 29.3 Å². The van der Waals surface area contributed by atoms with Crippen molar-refractivity contribution in [1.29, 1.82) is 0 Å². The molecule has 1 aliphatic rings. The van der Waals surface area contributed by atoms with Gasteiger partial charge in [0.15, 0.2) is 0 Å². The Bertz CT molecular complexity index is 469. The number of aliphatic hydroxyl groups excluding tert-OH is 2. The van der Waals surface area contributed by atoms with Gasteiger partial charge in [-0.25, -0.2) is 0 Å². The van der Waals surface area contributed by atoms with Crippen LogP contribution in [0.4, 0.5) is 0 Å². The van der Waals surface area contributed by atoms with Crippen molar-refractivity contribution < 1.29 is 15.0 Å². The summed E-state index contributed by atoms with van der Waals surface area (Å²) < 4.78 is 0.768. The molecule has 0 saturated heterocycles. The number of nitrogens with zero attached hydrogens (tertiary/aromatic N) is 1. The SMILES string of the molecule is O=C(N[C@@H]1CCCC[C@H]1O)C(O)Cc1ccncc1Br. The van der Waals surface area contributed by atoms with Gasteiger partial charge in [0.2, 0.25) is 5.91 Å². The second kappa shape index (κ2) is 7.15. The first-order chi connectivity index (χ1) is 9.58. The van der Waals surface area contributed by atoms with Crippen molar-refractivity contribution in [3.8, 4) is 0 Å². The van der Waals surface area contributed by atoms with E-state index < -0.39 is 18.1 Å². The van der Waals surface area contributed by atoms with Crippen molar-refractivity contribution in [2.75, 3.05) is 0 Å². The zero-order valence-electron chi connectivity index (χ0n) is 11.1. The predicted octanol–water partition coefficient (Wildman–Crippen LogP) is 1.17. The van der Waals surface area contributed by atoms with Gasteiger partial charge >= 0.3 is 0 Å². The van der Waals surface area contributed by atoms with Crippen molar-refractivity contribution in [3.63, 3.8) is 0 Å². The molecule has 1 aromatic rings. The molecular formula is C14H19BrN2O3. The van der Waals surface area contributed by atoms with E-state index in [0.29, 0.717) is 6.42 Å². The van der Waals surface area contributed by atoms with Crippen LogP contribution in [0.3, 0.4) is 0 Å². The third-order valence-corrected chi connectivity index (χ3v) is 4.34. The monoisotopic (exact) mass is 342 g/mol. The van der Waals surface area contributed by atoms with Gasteiger partial charge in [0, 0.05) is 23.3 Å². The maximum atomic E-state index is 12.0. The van der Waals surface area contributed by atoms with E-state index in [1.54, 1.807) is 18.5 Å². The molecule has 1 aromatic heterocycles. The number of nitrogens with one attached hydrogen (secondary N) is 1. The first-order valence-electron chi connectivity index (χ1n) is 6.83. The molecule has 1 amide bonds. The summed E-state index contributed by atoms with van der Waals surface area (Å²) >= 11 is 3.34. The molecule has 0 radical (unpaired) electrons. The fraction of sp³-hybridized carbons (Fsp3) is 0.571. The number of aliphatic hydroxyl groups is 2. The summed E-state index contributed by atoms with van der Waals surface area (Å²) in [5.74, 6) is -0.431. The Morgan fingerprint density at radius 3 is 2.95 bits per heavy atom. The van der Waals surface area contributed by atoms with Crippen molar-refractivity contribution >= 4 is 21.8 Å². The van der Waals surface area contributed by atoms with E-state index in [9.17, 15) is 15.0 Å². The molecule has 0 aromatic carbocycles. The number of pyridine rings is 1. The van der Waals surface area contributed by atoms with Gasteiger partial charge in [-0.2, -0.15) is 0 Å². The molecule has 1 aliphatic carbocycles. The zero-order chi connectivity index (χ0) is 14.5. The van der Waals surface area contributed by atoms with Crippen molar-refractivity contribution in [3.05, 3.63) is 28.5 Å². The Morgan fingerprint density at radius 1 is 1.50 bits per heavy atom. The van der Waals surface area contributed by atoms with Crippen LogP contribution in [0, 0.1) is 0 Å². The molecule has 0 spiro atoms. The number of aromatic nitrogens is 1. The third kappa shape index (κ3) is 4.01. The summed E-state index contributed by atoms with van der Waals surface area (Å²) in [4.78, 5) is 15.9. The fourth-order valence-electron chi connectivity index (χ4n) is 2.43. The summed E-state index contributed by atoms with van der Waals surface area (Å²) in [7, 11) is 0. The highest BCUT2D eigenvalue weighted by atomic mass is 79.9. The molecule has 110 valence electrons. The molecule has 3 atom stereocenters. The van der Waals surface area contributed by atoms with E-state index in [2.05, 4.69) is 26.2 Å². The highest BCUT2D eigenvalue weighted by molar-refractivity contribution is 9.10. The van der Waals surface area contributed by atoms with Crippen LogP contribution < -0.4 is 5.32 Å². The largest absolute Gasteiger partial charge is 0.391 e. The summed E-state index contributed by atoms with van der Waals surface area (Å²) in [6.45, 7) is 0. The number of halogens is 1. The molecule has 0 bridgehead atoms. The molecule has 2 rings (SSSR count). The van der Waals surface area contributed by atoms with Gasteiger partial charge in [0.25, 0.3) is 0 Å². The maximum Gasteiger partial charge on any atom is 0.249 e. The van der Waals surface area contributed by atoms with Gasteiger partial charge in [-0.1, -0.05) is 12.8 Å². The predicted molar refractivity (Wildman–Crippen MR) is 78.1 cm³/mol. The highest BCUT2D eigenvalue weighted by Gasteiger charge is 2.27. The quantitative estimate of drug-likeness (QED) is 0.766. The Balaban J connectivity index is 1.90. The van der Waals surface area contributed by atoms with Crippen LogP contribution in [-0.2, 0) is 11.2 Å². The average Bonchev–Trinajstić information content (AvgIpc) is 2.43. The molecule has 5 nitrogen and oxygen atoms in total. The molecule has 20 heavy (non-hydrogen) atoms. The van der Waals surface area contributed by atoms with Gasteiger partial charge in [0.1, 0.15) is 6.10 Å². The number of amides is 1. The number of rotatable bonds is 4. The molecule has 1 unspecified atom stereocenters. The first kappa shape index (κ1) is 15.4. The molecule has 6 heteroatoms. The number of carbonyl (C=O) groups is 1. The Hall–Kier alpha value is -0.980. The van der Waals surface area contributed by atoms with Gasteiger partial charge < -0.3 is 15.5 Å². The molecule has 1 fully saturated rings. The summed E-state index contributed by atoms with van der Waals surface area (Å²) in [6.07, 6.45) is 5.29. The van der Waals surface area contributed by atoms with Crippen molar-refractivity contribution in [1.82, 2.24) is 10.3 Å². The topological polar surface area (TPSA) is 82.5 Å².